The van der Waals surface area contributed by atoms with Gasteiger partial charge in [0.1, 0.15) is 0 Å². The fraction of sp³-hybridized carbons (Fsp3) is 0.667. The molecule has 0 bridgehead atoms. The molecule has 0 aliphatic heterocycles. The Balaban J connectivity index is 1.97. The van der Waals surface area contributed by atoms with Crippen molar-refractivity contribution in [2.75, 3.05) is 6.54 Å². The van der Waals surface area contributed by atoms with Crippen LogP contribution in [0.1, 0.15) is 50.7 Å². The quantitative estimate of drug-likeness (QED) is 0.865. The minimum absolute atomic E-state index is 0.226. The summed E-state index contributed by atoms with van der Waals surface area (Å²) in [5.74, 6) is 1.51. The molecule has 1 aliphatic rings. The smallest absolute Gasteiger partial charge is 0.0305 e. The molecule has 2 heteroatoms. The molecule has 0 radical (unpaired) electrons. The van der Waals surface area contributed by atoms with Crippen molar-refractivity contribution in [3.8, 4) is 0 Å². The minimum atomic E-state index is 0.226. The van der Waals surface area contributed by atoms with Crippen molar-refractivity contribution in [1.82, 2.24) is 10.3 Å². The van der Waals surface area contributed by atoms with Gasteiger partial charge < -0.3 is 5.32 Å². The molecule has 1 fully saturated rings. The molecule has 1 aliphatic carbocycles. The maximum atomic E-state index is 4.27. The van der Waals surface area contributed by atoms with E-state index >= 15 is 0 Å². The third-order valence-corrected chi connectivity index (χ3v) is 3.79. The summed E-state index contributed by atoms with van der Waals surface area (Å²) in [5, 5.41) is 3.62. The Labute approximate surface area is 105 Å². The van der Waals surface area contributed by atoms with Gasteiger partial charge in [0.15, 0.2) is 0 Å². The van der Waals surface area contributed by atoms with E-state index in [0.29, 0.717) is 0 Å². The maximum absolute atomic E-state index is 4.27. The fourth-order valence-electron chi connectivity index (χ4n) is 2.52. The fourth-order valence-corrected chi connectivity index (χ4v) is 2.52. The SMILES string of the molecule is Cc1ccncc1C1CCC1CNC(C)(C)C. The number of pyridine rings is 1. The molecule has 2 rings (SSSR count). The van der Waals surface area contributed by atoms with Crippen molar-refractivity contribution in [2.45, 2.75) is 52.0 Å². The molecule has 2 nitrogen and oxygen atoms in total. The Morgan fingerprint density at radius 3 is 2.65 bits per heavy atom. The third kappa shape index (κ3) is 3.06. The van der Waals surface area contributed by atoms with Gasteiger partial charge in [0, 0.05) is 17.9 Å². The Morgan fingerprint density at radius 1 is 1.35 bits per heavy atom. The Hall–Kier alpha value is -0.890. The van der Waals surface area contributed by atoms with E-state index in [0.717, 1.165) is 18.4 Å². The van der Waals surface area contributed by atoms with E-state index in [-0.39, 0.29) is 5.54 Å². The topological polar surface area (TPSA) is 24.9 Å². The monoisotopic (exact) mass is 232 g/mol. The summed E-state index contributed by atoms with van der Waals surface area (Å²) in [6.45, 7) is 10.0. The van der Waals surface area contributed by atoms with Crippen molar-refractivity contribution >= 4 is 0 Å². The summed E-state index contributed by atoms with van der Waals surface area (Å²) in [6.07, 6.45) is 6.62. The van der Waals surface area contributed by atoms with Gasteiger partial charge in [-0.05, 0) is 76.1 Å². The van der Waals surface area contributed by atoms with Crippen LogP contribution in [0.5, 0.6) is 0 Å². The van der Waals surface area contributed by atoms with Gasteiger partial charge in [-0.2, -0.15) is 0 Å². The Morgan fingerprint density at radius 2 is 2.12 bits per heavy atom. The van der Waals surface area contributed by atoms with Crippen LogP contribution in [0.3, 0.4) is 0 Å². The van der Waals surface area contributed by atoms with Gasteiger partial charge in [0.2, 0.25) is 0 Å². The molecule has 0 amide bonds. The lowest BCUT2D eigenvalue weighted by molar-refractivity contribution is 0.225. The third-order valence-electron chi connectivity index (χ3n) is 3.79. The van der Waals surface area contributed by atoms with E-state index in [1.54, 1.807) is 0 Å². The minimum Gasteiger partial charge on any atom is -0.312 e. The number of nitrogens with one attached hydrogen (secondary N) is 1. The molecule has 1 heterocycles. The highest BCUT2D eigenvalue weighted by molar-refractivity contribution is 5.28. The zero-order valence-electron chi connectivity index (χ0n) is 11.5. The van der Waals surface area contributed by atoms with Crippen LogP contribution in [0.25, 0.3) is 0 Å². The lowest BCUT2D eigenvalue weighted by Gasteiger charge is -2.39. The van der Waals surface area contributed by atoms with Gasteiger partial charge in [-0.3, -0.25) is 4.98 Å². The van der Waals surface area contributed by atoms with Crippen molar-refractivity contribution in [1.29, 1.82) is 0 Å². The number of rotatable bonds is 3. The molecule has 0 aromatic carbocycles. The van der Waals surface area contributed by atoms with Crippen molar-refractivity contribution in [2.24, 2.45) is 5.92 Å². The molecule has 2 unspecified atom stereocenters. The number of aromatic nitrogens is 1. The predicted octanol–water partition coefficient (Wildman–Crippen LogP) is 3.27. The van der Waals surface area contributed by atoms with E-state index in [4.69, 9.17) is 0 Å². The molecule has 94 valence electrons. The second kappa shape index (κ2) is 4.77. The zero-order chi connectivity index (χ0) is 12.5. The summed E-state index contributed by atoms with van der Waals surface area (Å²) < 4.78 is 0. The molecule has 0 spiro atoms. The van der Waals surface area contributed by atoms with Gasteiger partial charge in [-0.25, -0.2) is 0 Å². The summed E-state index contributed by atoms with van der Waals surface area (Å²) >= 11 is 0. The highest BCUT2D eigenvalue weighted by Gasteiger charge is 2.33. The van der Waals surface area contributed by atoms with Crippen molar-refractivity contribution in [3.63, 3.8) is 0 Å². The first-order chi connectivity index (χ1) is 7.97. The van der Waals surface area contributed by atoms with Gasteiger partial charge in [-0.15, -0.1) is 0 Å². The summed E-state index contributed by atoms with van der Waals surface area (Å²) in [5.41, 5.74) is 3.08. The molecule has 1 N–H and O–H groups in total. The first-order valence-electron chi connectivity index (χ1n) is 6.63. The Bertz CT molecular complexity index is 379. The van der Waals surface area contributed by atoms with E-state index in [1.807, 2.05) is 6.20 Å². The molecule has 2 atom stereocenters. The zero-order valence-corrected chi connectivity index (χ0v) is 11.5. The van der Waals surface area contributed by atoms with Gasteiger partial charge in [0.25, 0.3) is 0 Å². The summed E-state index contributed by atoms with van der Waals surface area (Å²) in [4.78, 5) is 4.27. The van der Waals surface area contributed by atoms with Crippen LogP contribution >= 0.6 is 0 Å². The largest absolute Gasteiger partial charge is 0.312 e. The number of hydrogen-bond acceptors (Lipinski definition) is 2. The maximum Gasteiger partial charge on any atom is 0.0305 e. The van der Waals surface area contributed by atoms with E-state index in [2.05, 4.69) is 50.3 Å². The van der Waals surface area contributed by atoms with Crippen LogP contribution < -0.4 is 5.32 Å². The number of hydrogen-bond donors (Lipinski definition) is 1. The standard InChI is InChI=1S/C15H24N2/c1-11-7-8-16-10-14(11)13-6-5-12(13)9-17-15(2,3)4/h7-8,10,12-13,17H,5-6,9H2,1-4H3. The molecular formula is C15H24N2. The molecular weight excluding hydrogens is 208 g/mol. The van der Waals surface area contributed by atoms with Crippen LogP contribution in [0, 0.1) is 12.8 Å². The van der Waals surface area contributed by atoms with Crippen molar-refractivity contribution in [3.05, 3.63) is 29.6 Å². The lowest BCUT2D eigenvalue weighted by atomic mass is 9.69. The summed E-state index contributed by atoms with van der Waals surface area (Å²) in [7, 11) is 0. The van der Waals surface area contributed by atoms with Crippen LogP contribution in [-0.2, 0) is 0 Å². The highest BCUT2D eigenvalue weighted by Crippen LogP contribution is 2.43. The summed E-state index contributed by atoms with van der Waals surface area (Å²) in [6, 6.07) is 2.13. The van der Waals surface area contributed by atoms with Crippen LogP contribution in [0.2, 0.25) is 0 Å². The van der Waals surface area contributed by atoms with E-state index in [1.165, 1.54) is 24.0 Å². The van der Waals surface area contributed by atoms with Crippen LogP contribution in [0.15, 0.2) is 18.5 Å². The second-order valence-corrected chi connectivity index (χ2v) is 6.31. The van der Waals surface area contributed by atoms with Crippen molar-refractivity contribution < 1.29 is 0 Å². The molecule has 1 saturated carbocycles. The average Bonchev–Trinajstić information content (AvgIpc) is 2.18. The first-order valence-corrected chi connectivity index (χ1v) is 6.63. The average molecular weight is 232 g/mol. The van der Waals surface area contributed by atoms with E-state index in [9.17, 15) is 0 Å². The number of nitrogens with zero attached hydrogens (tertiary/aromatic N) is 1. The second-order valence-electron chi connectivity index (χ2n) is 6.31. The van der Waals surface area contributed by atoms with E-state index < -0.39 is 0 Å². The van der Waals surface area contributed by atoms with Crippen LogP contribution in [-0.4, -0.2) is 17.1 Å². The van der Waals surface area contributed by atoms with Gasteiger partial charge >= 0.3 is 0 Å². The normalized spacial score (nSPS) is 24.5. The first kappa shape index (κ1) is 12.6. The number of aryl methyl sites for hydroxylation is 1. The Kier molecular flexibility index (Phi) is 3.53. The van der Waals surface area contributed by atoms with Crippen LogP contribution in [0.4, 0.5) is 0 Å². The molecule has 17 heavy (non-hydrogen) atoms. The predicted molar refractivity (Wildman–Crippen MR) is 72.2 cm³/mol. The molecule has 1 aromatic rings. The molecule has 0 saturated heterocycles. The van der Waals surface area contributed by atoms with Gasteiger partial charge in [-0.1, -0.05) is 0 Å². The van der Waals surface area contributed by atoms with Gasteiger partial charge in [0.05, 0.1) is 0 Å². The lowest BCUT2D eigenvalue weighted by Crippen LogP contribution is -2.43. The highest BCUT2D eigenvalue weighted by atomic mass is 14.9. The molecule has 1 aromatic heterocycles.